The van der Waals surface area contributed by atoms with Crippen LogP contribution in [0.2, 0.25) is 0 Å². The van der Waals surface area contributed by atoms with Crippen molar-refractivity contribution in [1.29, 1.82) is 0 Å². The van der Waals surface area contributed by atoms with Crippen LogP contribution < -0.4 is 31.2 Å². The quantitative estimate of drug-likeness (QED) is 0.198. The monoisotopic (exact) mass is 521 g/mol. The van der Waals surface area contributed by atoms with Gasteiger partial charge in [0, 0.05) is 24.5 Å². The largest absolute Gasteiger partial charge is 0.494 e. The number of carboxylic acids is 1. The fourth-order valence-corrected chi connectivity index (χ4v) is 2.88. The SMILES string of the molecule is NCCNCCCOc1ccc(Nc2nc(Nc3ccc(C(=O)O)cc3)nc(OCC(F)(F)F)n2)cc1. The molecule has 0 aliphatic heterocycles. The van der Waals surface area contributed by atoms with Gasteiger partial charge in [0.2, 0.25) is 11.9 Å². The standard InChI is InChI=1S/C23H26F3N7O4/c24-23(25,26)14-37-22-32-20(29-16-4-2-15(3-5-16)19(34)35)31-21(33-22)30-17-6-8-18(9-7-17)36-13-1-11-28-12-10-27/h2-9,28H,1,10-14,27H2,(H,34,35)(H2,29,30,31,32,33). The molecule has 2 aromatic carbocycles. The molecule has 6 N–H and O–H groups in total. The van der Waals surface area contributed by atoms with Crippen molar-refractivity contribution >= 4 is 29.2 Å². The molecule has 0 aliphatic carbocycles. The van der Waals surface area contributed by atoms with Gasteiger partial charge in [0.05, 0.1) is 12.2 Å². The van der Waals surface area contributed by atoms with Crippen molar-refractivity contribution in [3.8, 4) is 11.8 Å². The smallest absolute Gasteiger partial charge is 0.422 e. The number of nitrogens with two attached hydrogens (primary N) is 1. The molecule has 1 aromatic heterocycles. The van der Waals surface area contributed by atoms with Crippen LogP contribution in [-0.4, -0.2) is 65.1 Å². The van der Waals surface area contributed by atoms with E-state index < -0.39 is 24.8 Å². The molecule has 0 aliphatic rings. The number of benzene rings is 2. The molecule has 0 bridgehead atoms. The maximum absolute atomic E-state index is 12.6. The molecule has 0 fully saturated rings. The van der Waals surface area contributed by atoms with Gasteiger partial charge in [-0.1, -0.05) is 0 Å². The van der Waals surface area contributed by atoms with Gasteiger partial charge in [-0.25, -0.2) is 4.79 Å². The molecular formula is C23H26F3N7O4. The Hall–Kier alpha value is -4.17. The summed E-state index contributed by atoms with van der Waals surface area (Å²) in [4.78, 5) is 22.9. The Morgan fingerprint density at radius 2 is 1.49 bits per heavy atom. The van der Waals surface area contributed by atoms with Gasteiger partial charge in [-0.15, -0.1) is 0 Å². The summed E-state index contributed by atoms with van der Waals surface area (Å²) >= 11 is 0. The molecule has 0 unspecified atom stereocenters. The minimum absolute atomic E-state index is 0.0634. The average molecular weight is 522 g/mol. The summed E-state index contributed by atoms with van der Waals surface area (Å²) in [7, 11) is 0. The number of carbonyl (C=O) groups is 1. The van der Waals surface area contributed by atoms with Gasteiger partial charge < -0.3 is 36.3 Å². The van der Waals surface area contributed by atoms with Crippen molar-refractivity contribution in [3.05, 3.63) is 54.1 Å². The zero-order valence-corrected chi connectivity index (χ0v) is 19.6. The number of nitrogens with zero attached hydrogens (tertiary/aromatic N) is 3. The zero-order valence-electron chi connectivity index (χ0n) is 19.6. The first kappa shape index (κ1) is 27.4. The van der Waals surface area contributed by atoms with Gasteiger partial charge in [0.25, 0.3) is 0 Å². The van der Waals surface area contributed by atoms with Crippen LogP contribution in [-0.2, 0) is 0 Å². The number of hydrogen-bond acceptors (Lipinski definition) is 10. The summed E-state index contributed by atoms with van der Waals surface area (Å²) in [6, 6.07) is 11.9. The number of alkyl halides is 3. The number of halogens is 3. The van der Waals surface area contributed by atoms with Crippen LogP contribution in [0.1, 0.15) is 16.8 Å². The third kappa shape index (κ3) is 9.77. The lowest BCUT2D eigenvalue weighted by atomic mass is 10.2. The summed E-state index contributed by atoms with van der Waals surface area (Å²) in [6.07, 6.45) is -3.78. The summed E-state index contributed by atoms with van der Waals surface area (Å²) in [5.41, 5.74) is 6.43. The minimum Gasteiger partial charge on any atom is -0.494 e. The molecule has 3 aromatic rings. The zero-order chi connectivity index (χ0) is 26.7. The fraction of sp³-hybridized carbons (Fsp3) is 0.304. The molecule has 3 rings (SSSR count). The third-order valence-corrected chi connectivity index (χ3v) is 4.57. The lowest BCUT2D eigenvalue weighted by Gasteiger charge is -2.12. The van der Waals surface area contributed by atoms with Gasteiger partial charge in [-0.3, -0.25) is 0 Å². The molecule has 14 heteroatoms. The highest BCUT2D eigenvalue weighted by Crippen LogP contribution is 2.23. The maximum Gasteiger partial charge on any atom is 0.422 e. The second-order valence-electron chi connectivity index (χ2n) is 7.57. The van der Waals surface area contributed by atoms with E-state index in [0.29, 0.717) is 30.3 Å². The van der Waals surface area contributed by atoms with Crippen LogP contribution in [0, 0.1) is 0 Å². The van der Waals surface area contributed by atoms with E-state index in [1.807, 2.05) is 0 Å². The fourth-order valence-electron chi connectivity index (χ4n) is 2.88. The van der Waals surface area contributed by atoms with E-state index in [-0.39, 0.29) is 17.5 Å². The summed E-state index contributed by atoms with van der Waals surface area (Å²) < 4.78 is 48.3. The number of anilines is 4. The van der Waals surface area contributed by atoms with Crippen LogP contribution in [0.4, 0.5) is 36.4 Å². The molecule has 0 atom stereocenters. The summed E-state index contributed by atoms with van der Waals surface area (Å²) in [6.45, 7) is 1.03. The molecular weight excluding hydrogens is 495 g/mol. The van der Waals surface area contributed by atoms with Crippen LogP contribution in [0.15, 0.2) is 48.5 Å². The number of ether oxygens (including phenoxy) is 2. The van der Waals surface area contributed by atoms with Crippen molar-refractivity contribution in [2.45, 2.75) is 12.6 Å². The lowest BCUT2D eigenvalue weighted by Crippen LogP contribution is -2.24. The summed E-state index contributed by atoms with van der Waals surface area (Å²) in [5.74, 6) is -0.643. The Morgan fingerprint density at radius 3 is 2.03 bits per heavy atom. The average Bonchev–Trinajstić information content (AvgIpc) is 2.86. The summed E-state index contributed by atoms with van der Waals surface area (Å²) in [5, 5.41) is 17.9. The van der Waals surface area contributed by atoms with Crippen LogP contribution in [0.5, 0.6) is 11.8 Å². The highest BCUT2D eigenvalue weighted by Gasteiger charge is 2.29. The lowest BCUT2D eigenvalue weighted by molar-refractivity contribution is -0.154. The first-order chi connectivity index (χ1) is 17.7. The Labute approximate surface area is 210 Å². The van der Waals surface area contributed by atoms with Crippen molar-refractivity contribution in [2.75, 3.05) is 43.5 Å². The van der Waals surface area contributed by atoms with Gasteiger partial charge in [-0.2, -0.15) is 28.1 Å². The normalized spacial score (nSPS) is 11.1. The van der Waals surface area contributed by atoms with Gasteiger partial charge in [0.1, 0.15) is 5.75 Å². The van der Waals surface area contributed by atoms with Crippen molar-refractivity contribution in [3.63, 3.8) is 0 Å². The third-order valence-electron chi connectivity index (χ3n) is 4.57. The molecule has 0 spiro atoms. The highest BCUT2D eigenvalue weighted by molar-refractivity contribution is 5.88. The van der Waals surface area contributed by atoms with E-state index in [9.17, 15) is 18.0 Å². The Balaban J connectivity index is 1.69. The van der Waals surface area contributed by atoms with Gasteiger partial charge in [-0.05, 0) is 61.5 Å². The van der Waals surface area contributed by atoms with Crippen LogP contribution in [0.25, 0.3) is 0 Å². The first-order valence-corrected chi connectivity index (χ1v) is 11.2. The number of carboxylic acid groups (broad SMARTS) is 1. The van der Waals surface area contributed by atoms with E-state index in [1.54, 1.807) is 24.3 Å². The van der Waals surface area contributed by atoms with E-state index in [0.717, 1.165) is 19.5 Å². The molecule has 1 heterocycles. The van der Waals surface area contributed by atoms with Crippen molar-refractivity contribution < 1.29 is 32.5 Å². The highest BCUT2D eigenvalue weighted by atomic mass is 19.4. The second-order valence-corrected chi connectivity index (χ2v) is 7.57. The van der Waals surface area contributed by atoms with E-state index >= 15 is 0 Å². The molecule has 0 saturated carbocycles. The van der Waals surface area contributed by atoms with E-state index in [2.05, 4.69) is 30.9 Å². The van der Waals surface area contributed by atoms with Crippen LogP contribution >= 0.6 is 0 Å². The van der Waals surface area contributed by atoms with Crippen molar-refractivity contribution in [1.82, 2.24) is 20.3 Å². The molecule has 0 radical (unpaired) electrons. The maximum atomic E-state index is 12.6. The molecule has 0 saturated heterocycles. The number of hydrogen-bond donors (Lipinski definition) is 5. The van der Waals surface area contributed by atoms with E-state index in [1.165, 1.54) is 24.3 Å². The predicted molar refractivity (Wildman–Crippen MR) is 130 cm³/mol. The van der Waals surface area contributed by atoms with Crippen LogP contribution in [0.3, 0.4) is 0 Å². The molecule has 37 heavy (non-hydrogen) atoms. The molecule has 11 nitrogen and oxygen atoms in total. The Morgan fingerprint density at radius 1 is 0.892 bits per heavy atom. The second kappa shape index (κ2) is 13.2. The first-order valence-electron chi connectivity index (χ1n) is 11.2. The molecule has 198 valence electrons. The predicted octanol–water partition coefficient (Wildman–Crippen LogP) is 3.32. The van der Waals surface area contributed by atoms with Gasteiger partial charge >= 0.3 is 18.2 Å². The minimum atomic E-state index is -4.59. The Kier molecular flexibility index (Phi) is 9.80. The number of rotatable bonds is 14. The van der Waals surface area contributed by atoms with Crippen molar-refractivity contribution in [2.24, 2.45) is 5.73 Å². The number of nitrogens with one attached hydrogen (secondary N) is 3. The number of aromatic carboxylic acids is 1. The molecule has 0 amide bonds. The Bertz CT molecular complexity index is 1150. The van der Waals surface area contributed by atoms with E-state index in [4.69, 9.17) is 20.3 Å². The topological polar surface area (TPSA) is 157 Å². The van der Waals surface area contributed by atoms with Gasteiger partial charge in [0.15, 0.2) is 6.61 Å². The number of aromatic nitrogens is 3.